The lowest BCUT2D eigenvalue weighted by Crippen LogP contribution is -2.51. The molecule has 0 saturated heterocycles. The van der Waals surface area contributed by atoms with Gasteiger partial charge in [0.2, 0.25) is 0 Å². The van der Waals surface area contributed by atoms with Gasteiger partial charge in [-0.15, -0.1) is 0 Å². The summed E-state index contributed by atoms with van der Waals surface area (Å²) in [5, 5.41) is 28.1. The lowest BCUT2D eigenvalue weighted by atomic mass is 9.43. The van der Waals surface area contributed by atoms with Crippen molar-refractivity contribution in [3.05, 3.63) is 110 Å². The topological polar surface area (TPSA) is 52.0 Å². The van der Waals surface area contributed by atoms with Gasteiger partial charge in [-0.1, -0.05) is 82.0 Å². The van der Waals surface area contributed by atoms with Crippen molar-refractivity contribution >= 4 is 38.1 Å². The smallest absolute Gasteiger partial charge is 0.0995 e. The van der Waals surface area contributed by atoms with E-state index < -0.39 is 0 Å². The summed E-state index contributed by atoms with van der Waals surface area (Å²) >= 11 is 0. The van der Waals surface area contributed by atoms with Gasteiger partial charge in [0, 0.05) is 27.0 Å². The molecule has 4 atom stereocenters. The van der Waals surface area contributed by atoms with Crippen LogP contribution < -0.4 is 0 Å². The van der Waals surface area contributed by atoms with E-state index in [-0.39, 0.29) is 5.41 Å². The Morgan fingerprint density at radius 3 is 1.80 bits per heavy atom. The first-order chi connectivity index (χ1) is 27.5. The summed E-state index contributed by atoms with van der Waals surface area (Å²) in [6.45, 7) is 4.64. The molecule has 2 heterocycles. The van der Waals surface area contributed by atoms with Gasteiger partial charge in [-0.2, -0.15) is 10.5 Å². The second-order valence-corrected chi connectivity index (χ2v) is 19.6. The van der Waals surface area contributed by atoms with Crippen LogP contribution in [0.3, 0.4) is 0 Å². The van der Waals surface area contributed by atoms with Crippen LogP contribution in [0.25, 0.3) is 60.3 Å². The highest BCUT2D eigenvalue weighted by Crippen LogP contribution is 2.69. The van der Waals surface area contributed by atoms with Crippen molar-refractivity contribution in [1.82, 2.24) is 4.40 Å². The van der Waals surface area contributed by atoms with Crippen molar-refractivity contribution in [2.75, 3.05) is 0 Å². The van der Waals surface area contributed by atoms with E-state index in [2.05, 4.69) is 85.0 Å². The van der Waals surface area contributed by atoms with Crippen molar-refractivity contribution in [1.29, 1.82) is 10.5 Å². The van der Waals surface area contributed by atoms with Crippen LogP contribution in [-0.4, -0.2) is 4.40 Å². The van der Waals surface area contributed by atoms with Gasteiger partial charge in [0.05, 0.1) is 39.8 Å². The molecule has 272 valence electrons. The fourth-order valence-electron chi connectivity index (χ4n) is 15.8. The molecule has 7 aromatic rings. The van der Waals surface area contributed by atoms with Crippen LogP contribution in [0.1, 0.15) is 133 Å². The molecule has 8 aliphatic carbocycles. The van der Waals surface area contributed by atoms with Crippen LogP contribution in [0.4, 0.5) is 0 Å². The van der Waals surface area contributed by atoms with Crippen LogP contribution in [-0.2, 0) is 31.1 Å². The Hall–Kier alpha value is -5.12. The summed E-state index contributed by atoms with van der Waals surface area (Å²) in [5.41, 5.74) is 22.6. The molecule has 2 aromatic heterocycles. The van der Waals surface area contributed by atoms with E-state index >= 15 is 0 Å². The largest absolute Gasteiger partial charge is 0.308 e. The molecule has 0 radical (unpaired) electrons. The van der Waals surface area contributed by atoms with Gasteiger partial charge in [-0.3, -0.25) is 0 Å². The number of fused-ring (bicyclic) bond motifs is 12. The maximum Gasteiger partial charge on any atom is 0.0995 e. The van der Waals surface area contributed by atoms with Crippen LogP contribution >= 0.6 is 0 Å². The van der Waals surface area contributed by atoms with Crippen LogP contribution in [0, 0.1) is 46.3 Å². The molecular weight excluding hydrogens is 679 g/mol. The maximum atomic E-state index is 11.3. The van der Waals surface area contributed by atoms with E-state index in [0.717, 1.165) is 66.0 Å². The number of nitrogens with zero attached hydrogens (tertiary/aromatic N) is 3. The number of aryl methyl sites for hydroxylation is 4. The second-order valence-electron chi connectivity index (χ2n) is 19.6. The molecule has 2 bridgehead atoms. The minimum absolute atomic E-state index is 0.283. The van der Waals surface area contributed by atoms with Gasteiger partial charge in [0.25, 0.3) is 0 Å². The average Bonchev–Trinajstić information content (AvgIpc) is 3.84. The SMILES string of the molecule is CC1(C)c2ccccc2-c2c1c(C#N)cc1c2c2c3c4c(c5c6c7c(c(C#N)cc6n1c25)C1C2CCCCC2C7C2CCCCC21)CCc1cccc(c1-4)CC3. The van der Waals surface area contributed by atoms with Gasteiger partial charge in [0.15, 0.2) is 0 Å². The zero-order valence-corrected chi connectivity index (χ0v) is 32.5. The Balaban J connectivity index is 1.25. The Morgan fingerprint density at radius 2 is 1.16 bits per heavy atom. The summed E-state index contributed by atoms with van der Waals surface area (Å²) in [5.74, 6) is 3.99. The number of hydrogen-bond donors (Lipinski definition) is 0. The molecule has 3 heteroatoms. The Morgan fingerprint density at radius 1 is 0.589 bits per heavy atom. The number of rotatable bonds is 0. The number of nitriles is 2. The fourth-order valence-corrected chi connectivity index (χ4v) is 15.8. The van der Waals surface area contributed by atoms with Gasteiger partial charge in [-0.25, -0.2) is 0 Å². The van der Waals surface area contributed by atoms with Gasteiger partial charge >= 0.3 is 0 Å². The third-order valence-electron chi connectivity index (χ3n) is 17.4. The quantitative estimate of drug-likeness (QED) is 0.156. The van der Waals surface area contributed by atoms with Gasteiger partial charge < -0.3 is 4.40 Å². The predicted molar refractivity (Wildman–Crippen MR) is 225 cm³/mol. The zero-order valence-electron chi connectivity index (χ0n) is 32.5. The lowest BCUT2D eigenvalue weighted by Gasteiger charge is -2.61. The molecule has 0 amide bonds. The van der Waals surface area contributed by atoms with E-state index in [0.29, 0.717) is 11.8 Å². The summed E-state index contributed by atoms with van der Waals surface area (Å²) in [6.07, 6.45) is 15.0. The Kier molecular flexibility index (Phi) is 5.67. The standard InChI is InChI=1S/C53H45N3/c1-53(2)37-17-8-7-16-34(37)45-48-39(23-29(25-55)51(45)53)56-38-22-28(24-54)41-42-30-12-3-5-14-32(30)43(33-15-6-4-13-31(33)42)50(41)49(38)47-36-21-19-27-11-9-10-26-18-20-35(44(36)40(26)27)46(48)52(47)56/h7-11,16-17,22-23,30-33,42-43H,3-6,12-15,18-21H2,1-2H3. The monoisotopic (exact) mass is 723 g/mol. The van der Waals surface area contributed by atoms with Crippen molar-refractivity contribution in [2.45, 2.75) is 108 Å². The molecule has 3 saturated carbocycles. The van der Waals surface area contributed by atoms with E-state index in [1.54, 1.807) is 11.1 Å². The van der Waals surface area contributed by atoms with Crippen molar-refractivity contribution in [3.63, 3.8) is 0 Å². The molecule has 15 rings (SSSR count). The average molecular weight is 724 g/mol. The molecule has 0 N–H and O–H groups in total. The number of benzene rings is 5. The molecule has 8 aliphatic rings. The summed E-state index contributed by atoms with van der Waals surface area (Å²) in [4.78, 5) is 0. The van der Waals surface area contributed by atoms with Crippen molar-refractivity contribution in [3.8, 4) is 34.4 Å². The van der Waals surface area contributed by atoms with E-state index in [1.165, 1.54) is 140 Å². The van der Waals surface area contributed by atoms with E-state index in [9.17, 15) is 10.5 Å². The van der Waals surface area contributed by atoms with Crippen LogP contribution in [0.5, 0.6) is 0 Å². The third-order valence-corrected chi connectivity index (χ3v) is 17.4. The number of hydrogen-bond acceptors (Lipinski definition) is 2. The highest BCUT2D eigenvalue weighted by molar-refractivity contribution is 6.31. The predicted octanol–water partition coefficient (Wildman–Crippen LogP) is 12.6. The van der Waals surface area contributed by atoms with E-state index in [4.69, 9.17) is 0 Å². The molecule has 0 spiro atoms. The summed E-state index contributed by atoms with van der Waals surface area (Å²) in [7, 11) is 0. The molecule has 56 heavy (non-hydrogen) atoms. The first-order valence-electron chi connectivity index (χ1n) is 22.0. The molecule has 0 aliphatic heterocycles. The van der Waals surface area contributed by atoms with Gasteiger partial charge in [-0.05, 0) is 166 Å². The highest BCUT2D eigenvalue weighted by atomic mass is 14.9. The Bertz CT molecular complexity index is 3050. The zero-order chi connectivity index (χ0) is 36.9. The molecule has 3 fully saturated rings. The minimum Gasteiger partial charge on any atom is -0.308 e. The molecular formula is C53H45N3. The third kappa shape index (κ3) is 3.31. The summed E-state index contributed by atoms with van der Waals surface area (Å²) in [6, 6.07) is 26.3. The van der Waals surface area contributed by atoms with E-state index in [1.807, 2.05) is 0 Å². The fraction of sp³-hybridized carbons (Fsp3) is 0.396. The van der Waals surface area contributed by atoms with Crippen molar-refractivity contribution in [2.24, 2.45) is 23.7 Å². The van der Waals surface area contributed by atoms with Crippen LogP contribution in [0.15, 0.2) is 54.6 Å². The minimum atomic E-state index is -0.283. The Labute approximate surface area is 328 Å². The van der Waals surface area contributed by atoms with Crippen molar-refractivity contribution < 1.29 is 0 Å². The molecule has 3 nitrogen and oxygen atoms in total. The lowest BCUT2D eigenvalue weighted by molar-refractivity contribution is -0.0131. The maximum absolute atomic E-state index is 11.3. The first-order valence-corrected chi connectivity index (χ1v) is 22.0. The number of aromatic nitrogens is 1. The van der Waals surface area contributed by atoms with Crippen LogP contribution in [0.2, 0.25) is 0 Å². The van der Waals surface area contributed by atoms with Gasteiger partial charge in [0.1, 0.15) is 0 Å². The first kappa shape index (κ1) is 31.0. The second kappa shape index (κ2) is 10.2. The normalized spacial score (nSPS) is 27.1. The molecule has 5 aromatic carbocycles. The highest BCUT2D eigenvalue weighted by Gasteiger charge is 2.58. The molecule has 4 unspecified atom stereocenters. The summed E-state index contributed by atoms with van der Waals surface area (Å²) < 4.78 is 2.61.